The molecule has 0 unspecified atom stereocenters. The topological polar surface area (TPSA) is 71.5 Å². The van der Waals surface area contributed by atoms with Gasteiger partial charge in [-0.25, -0.2) is 15.0 Å². The van der Waals surface area contributed by atoms with Gasteiger partial charge in [-0.15, -0.1) is 0 Å². The summed E-state index contributed by atoms with van der Waals surface area (Å²) in [6, 6.07) is 1.60. The second-order valence-electron chi connectivity index (χ2n) is 5.08. The van der Waals surface area contributed by atoms with E-state index in [0.717, 1.165) is 24.1 Å². The lowest BCUT2D eigenvalue weighted by atomic mass is 10.0. The highest BCUT2D eigenvalue weighted by Crippen LogP contribution is 2.32. The largest absolute Gasteiger partial charge is 0.304 e. The third-order valence-electron chi connectivity index (χ3n) is 3.53. The molecule has 0 radical (unpaired) electrons. The van der Waals surface area contributed by atoms with Crippen molar-refractivity contribution < 1.29 is 0 Å². The predicted molar refractivity (Wildman–Crippen MR) is 71.8 cm³/mol. The van der Waals surface area contributed by atoms with Crippen LogP contribution in [0.15, 0.2) is 23.3 Å². The Bertz CT molecular complexity index is 627. The molecular weight excluding hydrogens is 240 g/mol. The molecule has 0 aliphatic heterocycles. The molecule has 1 saturated carbocycles. The zero-order valence-electron chi connectivity index (χ0n) is 10.9. The Morgan fingerprint density at radius 1 is 1.21 bits per heavy atom. The van der Waals surface area contributed by atoms with Crippen molar-refractivity contribution in [2.24, 2.45) is 0 Å². The molecule has 2 heterocycles. The smallest absolute Gasteiger partial charge is 0.251 e. The van der Waals surface area contributed by atoms with E-state index in [4.69, 9.17) is 0 Å². The minimum Gasteiger partial charge on any atom is -0.304 e. The summed E-state index contributed by atoms with van der Waals surface area (Å²) in [4.78, 5) is 27.4. The Morgan fingerprint density at radius 3 is 2.58 bits per heavy atom. The van der Waals surface area contributed by atoms with Crippen molar-refractivity contribution in [1.29, 1.82) is 0 Å². The second kappa shape index (κ2) is 4.91. The molecule has 0 aromatic carbocycles. The summed E-state index contributed by atoms with van der Waals surface area (Å²) < 4.78 is 0. The van der Waals surface area contributed by atoms with Crippen molar-refractivity contribution in [1.82, 2.24) is 19.9 Å². The summed E-state index contributed by atoms with van der Waals surface area (Å²) >= 11 is 0. The van der Waals surface area contributed by atoms with Crippen LogP contribution in [0.4, 0.5) is 0 Å². The normalized spacial score (nSPS) is 15.8. The van der Waals surface area contributed by atoms with Gasteiger partial charge < -0.3 is 4.98 Å². The molecular formula is C14H16N4O. The first kappa shape index (κ1) is 12.0. The quantitative estimate of drug-likeness (QED) is 0.894. The number of aryl methyl sites for hydroxylation is 1. The van der Waals surface area contributed by atoms with Crippen LogP contribution < -0.4 is 5.56 Å². The molecule has 1 N–H and O–H groups in total. The maximum absolute atomic E-state index is 11.8. The third kappa shape index (κ3) is 2.54. The molecule has 98 valence electrons. The Balaban J connectivity index is 2.01. The highest BCUT2D eigenvalue weighted by Gasteiger charge is 2.20. The Morgan fingerprint density at radius 2 is 1.89 bits per heavy atom. The van der Waals surface area contributed by atoms with Gasteiger partial charge in [0.25, 0.3) is 5.56 Å². The van der Waals surface area contributed by atoms with Crippen LogP contribution in [0, 0.1) is 6.92 Å². The molecule has 1 fully saturated rings. The molecule has 0 atom stereocenters. The number of aromatic amines is 1. The number of hydrogen-bond donors (Lipinski definition) is 1. The van der Waals surface area contributed by atoms with Gasteiger partial charge >= 0.3 is 0 Å². The SMILES string of the molecule is Cc1cnc(-c2nc(C3CCCC3)cc(=O)[nH]2)nc1. The summed E-state index contributed by atoms with van der Waals surface area (Å²) in [7, 11) is 0. The number of aromatic nitrogens is 4. The minimum absolute atomic E-state index is 0.129. The average molecular weight is 256 g/mol. The van der Waals surface area contributed by atoms with E-state index in [2.05, 4.69) is 19.9 Å². The lowest BCUT2D eigenvalue weighted by Crippen LogP contribution is -2.13. The van der Waals surface area contributed by atoms with Gasteiger partial charge in [0.2, 0.25) is 0 Å². The number of nitrogens with zero attached hydrogens (tertiary/aromatic N) is 3. The van der Waals surface area contributed by atoms with Crippen LogP contribution in [-0.2, 0) is 0 Å². The summed E-state index contributed by atoms with van der Waals surface area (Å²) in [6.07, 6.45) is 8.12. The minimum atomic E-state index is -0.129. The zero-order valence-corrected chi connectivity index (χ0v) is 10.9. The van der Waals surface area contributed by atoms with Crippen molar-refractivity contribution in [3.63, 3.8) is 0 Å². The number of nitrogens with one attached hydrogen (secondary N) is 1. The summed E-state index contributed by atoms with van der Waals surface area (Å²) in [6.45, 7) is 1.93. The predicted octanol–water partition coefficient (Wildman–Crippen LogP) is 2.19. The fourth-order valence-corrected chi connectivity index (χ4v) is 2.53. The monoisotopic (exact) mass is 256 g/mol. The fourth-order valence-electron chi connectivity index (χ4n) is 2.53. The molecule has 0 bridgehead atoms. The Labute approximate surface area is 111 Å². The van der Waals surface area contributed by atoms with E-state index in [9.17, 15) is 4.79 Å². The molecule has 0 spiro atoms. The van der Waals surface area contributed by atoms with Crippen molar-refractivity contribution >= 4 is 0 Å². The summed E-state index contributed by atoms with van der Waals surface area (Å²) in [5.74, 6) is 1.35. The van der Waals surface area contributed by atoms with Crippen LogP contribution in [0.3, 0.4) is 0 Å². The van der Waals surface area contributed by atoms with Crippen LogP contribution in [0.25, 0.3) is 11.6 Å². The van der Waals surface area contributed by atoms with E-state index >= 15 is 0 Å². The van der Waals surface area contributed by atoms with E-state index < -0.39 is 0 Å². The van der Waals surface area contributed by atoms with Crippen molar-refractivity contribution in [2.75, 3.05) is 0 Å². The number of rotatable bonds is 2. The first-order valence-electron chi connectivity index (χ1n) is 6.62. The Hall–Kier alpha value is -2.04. The van der Waals surface area contributed by atoms with Crippen LogP contribution in [0.1, 0.15) is 42.9 Å². The molecule has 1 aliphatic carbocycles. The first-order chi connectivity index (χ1) is 9.22. The molecule has 0 saturated heterocycles. The van der Waals surface area contributed by atoms with Crippen molar-refractivity contribution in [3.05, 3.63) is 40.1 Å². The first-order valence-corrected chi connectivity index (χ1v) is 6.62. The third-order valence-corrected chi connectivity index (χ3v) is 3.53. The van der Waals surface area contributed by atoms with Crippen LogP contribution in [0.5, 0.6) is 0 Å². The fraction of sp³-hybridized carbons (Fsp3) is 0.429. The Kier molecular flexibility index (Phi) is 3.11. The van der Waals surface area contributed by atoms with Crippen LogP contribution >= 0.6 is 0 Å². The molecule has 0 amide bonds. The summed E-state index contributed by atoms with van der Waals surface area (Å²) in [5, 5.41) is 0. The second-order valence-corrected chi connectivity index (χ2v) is 5.08. The van der Waals surface area contributed by atoms with Crippen LogP contribution in [-0.4, -0.2) is 19.9 Å². The van der Waals surface area contributed by atoms with Gasteiger partial charge in [-0.3, -0.25) is 4.79 Å². The average Bonchev–Trinajstić information content (AvgIpc) is 2.93. The van der Waals surface area contributed by atoms with Gasteiger partial charge in [0.1, 0.15) is 0 Å². The maximum Gasteiger partial charge on any atom is 0.251 e. The standard InChI is InChI=1S/C14H16N4O/c1-9-7-15-13(16-8-9)14-17-11(6-12(19)18-14)10-4-2-3-5-10/h6-8,10H,2-5H2,1H3,(H,17,18,19). The highest BCUT2D eigenvalue weighted by molar-refractivity contribution is 5.42. The zero-order chi connectivity index (χ0) is 13.2. The van der Waals surface area contributed by atoms with Gasteiger partial charge in [-0.1, -0.05) is 12.8 Å². The van der Waals surface area contributed by atoms with Gasteiger partial charge in [0.05, 0.1) is 5.69 Å². The lowest BCUT2D eigenvalue weighted by Gasteiger charge is -2.09. The van der Waals surface area contributed by atoms with E-state index in [1.165, 1.54) is 12.8 Å². The maximum atomic E-state index is 11.8. The van der Waals surface area contributed by atoms with Gasteiger partial charge in [-0.05, 0) is 25.3 Å². The molecule has 5 nitrogen and oxygen atoms in total. The van der Waals surface area contributed by atoms with E-state index in [0.29, 0.717) is 17.6 Å². The molecule has 19 heavy (non-hydrogen) atoms. The number of H-pyrrole nitrogens is 1. The van der Waals surface area contributed by atoms with Gasteiger partial charge in [-0.2, -0.15) is 0 Å². The molecule has 2 aromatic rings. The molecule has 5 heteroatoms. The van der Waals surface area contributed by atoms with Crippen LogP contribution in [0.2, 0.25) is 0 Å². The molecule has 3 rings (SSSR count). The number of hydrogen-bond acceptors (Lipinski definition) is 4. The molecule has 1 aliphatic rings. The van der Waals surface area contributed by atoms with Crippen molar-refractivity contribution in [3.8, 4) is 11.6 Å². The lowest BCUT2D eigenvalue weighted by molar-refractivity contribution is 0.692. The van der Waals surface area contributed by atoms with E-state index in [-0.39, 0.29) is 5.56 Å². The highest BCUT2D eigenvalue weighted by atomic mass is 16.1. The van der Waals surface area contributed by atoms with E-state index in [1.807, 2.05) is 6.92 Å². The van der Waals surface area contributed by atoms with E-state index in [1.54, 1.807) is 18.5 Å². The van der Waals surface area contributed by atoms with Gasteiger partial charge in [0, 0.05) is 24.4 Å². The molecule has 2 aromatic heterocycles. The summed E-state index contributed by atoms with van der Waals surface area (Å²) in [5.41, 5.74) is 1.73. The van der Waals surface area contributed by atoms with Gasteiger partial charge in [0.15, 0.2) is 11.6 Å². The van der Waals surface area contributed by atoms with Crippen molar-refractivity contribution in [2.45, 2.75) is 38.5 Å².